The van der Waals surface area contributed by atoms with E-state index in [0.29, 0.717) is 23.8 Å². The number of rotatable bonds is 3. The second kappa shape index (κ2) is 5.77. The molecule has 2 aromatic heterocycles. The largest absolute Gasteiger partial charge is 0.369 e. The lowest BCUT2D eigenvalue weighted by Crippen LogP contribution is -2.29. The maximum Gasteiger partial charge on any atom is 0.274 e. The first-order valence-electron chi connectivity index (χ1n) is 7.62. The first-order valence-corrected chi connectivity index (χ1v) is 7.62. The summed E-state index contributed by atoms with van der Waals surface area (Å²) in [6.45, 7) is 5.99. The Morgan fingerprint density at radius 3 is 2.83 bits per heavy atom. The van der Waals surface area contributed by atoms with Gasteiger partial charge in [-0.15, -0.1) is 0 Å². The fraction of sp³-hybridized carbons (Fsp3) is 0.600. The summed E-state index contributed by atoms with van der Waals surface area (Å²) >= 11 is 0. The van der Waals surface area contributed by atoms with Gasteiger partial charge in [-0.25, -0.2) is 0 Å². The van der Waals surface area contributed by atoms with Gasteiger partial charge in [-0.3, -0.25) is 9.48 Å². The Morgan fingerprint density at radius 1 is 1.43 bits per heavy atom. The summed E-state index contributed by atoms with van der Waals surface area (Å²) < 4.78 is 12.6. The van der Waals surface area contributed by atoms with Crippen LogP contribution in [0.3, 0.4) is 0 Å². The van der Waals surface area contributed by atoms with E-state index >= 15 is 0 Å². The molecular weight excluding hydrogens is 298 g/mol. The second-order valence-corrected chi connectivity index (χ2v) is 6.03. The van der Waals surface area contributed by atoms with E-state index in [1.54, 1.807) is 23.6 Å². The molecule has 3 heterocycles. The van der Waals surface area contributed by atoms with Crippen molar-refractivity contribution in [3.05, 3.63) is 28.7 Å². The summed E-state index contributed by atoms with van der Waals surface area (Å²) in [5, 5.41) is 8.16. The Hall–Kier alpha value is -2.22. The fourth-order valence-corrected chi connectivity index (χ4v) is 3.07. The van der Waals surface area contributed by atoms with E-state index in [-0.39, 0.29) is 24.7 Å². The van der Waals surface area contributed by atoms with Crippen LogP contribution in [0.25, 0.3) is 0 Å². The highest BCUT2D eigenvalue weighted by Crippen LogP contribution is 2.32. The number of hydrogen-bond donors (Lipinski definition) is 0. The van der Waals surface area contributed by atoms with E-state index in [1.807, 2.05) is 20.9 Å². The number of ether oxygens (including phenoxy) is 1. The average molecular weight is 319 g/mol. The lowest BCUT2D eigenvalue weighted by atomic mass is 9.99. The predicted molar refractivity (Wildman–Crippen MR) is 80.7 cm³/mol. The molecule has 124 valence electrons. The van der Waals surface area contributed by atoms with Crippen LogP contribution in [0, 0.1) is 6.92 Å². The van der Waals surface area contributed by atoms with E-state index in [9.17, 15) is 4.79 Å². The number of carbonyl (C=O) groups is 1. The number of aromatic nitrogens is 4. The predicted octanol–water partition coefficient (Wildman–Crippen LogP) is 1.41. The van der Waals surface area contributed by atoms with Crippen molar-refractivity contribution in [2.24, 2.45) is 7.05 Å². The van der Waals surface area contributed by atoms with E-state index < -0.39 is 0 Å². The quantitative estimate of drug-likeness (QED) is 0.850. The maximum atomic E-state index is 12.8. The number of carbonyl (C=O) groups excluding carboxylic acids is 1. The topological polar surface area (TPSA) is 86.3 Å². The first kappa shape index (κ1) is 15.7. The Balaban J connectivity index is 1.86. The third-order valence-corrected chi connectivity index (χ3v) is 4.00. The molecule has 0 saturated heterocycles. The van der Waals surface area contributed by atoms with Crippen molar-refractivity contribution in [2.45, 2.75) is 45.9 Å². The minimum absolute atomic E-state index is 0.0668. The number of fused-ring (bicyclic) bond motifs is 1. The van der Waals surface area contributed by atoms with Gasteiger partial charge in [-0.1, -0.05) is 5.16 Å². The van der Waals surface area contributed by atoms with E-state index in [2.05, 4.69) is 15.2 Å². The van der Waals surface area contributed by atoms with Crippen LogP contribution in [0.1, 0.15) is 53.4 Å². The smallest absolute Gasteiger partial charge is 0.274 e. The van der Waals surface area contributed by atoms with Gasteiger partial charge in [0, 0.05) is 26.1 Å². The van der Waals surface area contributed by atoms with Crippen LogP contribution in [0.15, 0.2) is 4.52 Å². The standard InChI is InChI=1S/C15H21N5O3/c1-8-6-11-13(17-20(5)14(11)9(2)22-8)15(21)19(4)7-12-16-10(3)18-23-12/h8-9H,6-7H2,1-5H3/t8-,9+/m1/s1. The molecule has 0 unspecified atom stereocenters. The molecule has 0 radical (unpaired) electrons. The molecule has 0 N–H and O–H groups in total. The molecular formula is C15H21N5O3. The average Bonchev–Trinajstić information content (AvgIpc) is 3.01. The van der Waals surface area contributed by atoms with Crippen molar-refractivity contribution in [2.75, 3.05) is 7.05 Å². The third kappa shape index (κ3) is 2.86. The Labute approximate surface area is 134 Å². The molecule has 0 bridgehead atoms. The van der Waals surface area contributed by atoms with Crippen molar-refractivity contribution >= 4 is 5.91 Å². The van der Waals surface area contributed by atoms with E-state index in [4.69, 9.17) is 9.26 Å². The molecule has 23 heavy (non-hydrogen) atoms. The van der Waals surface area contributed by atoms with Gasteiger partial charge in [0.25, 0.3) is 5.91 Å². The van der Waals surface area contributed by atoms with Gasteiger partial charge in [-0.2, -0.15) is 10.1 Å². The molecule has 8 heteroatoms. The summed E-state index contributed by atoms with van der Waals surface area (Å²) in [7, 11) is 3.54. The van der Waals surface area contributed by atoms with Crippen LogP contribution in [0.2, 0.25) is 0 Å². The molecule has 2 atom stereocenters. The maximum absolute atomic E-state index is 12.8. The van der Waals surface area contributed by atoms with E-state index in [1.165, 1.54) is 0 Å². The Kier molecular flexibility index (Phi) is 3.93. The molecule has 1 aliphatic heterocycles. The van der Waals surface area contributed by atoms with Gasteiger partial charge in [0.1, 0.15) is 6.54 Å². The van der Waals surface area contributed by atoms with Crippen LogP contribution >= 0.6 is 0 Å². The number of aryl methyl sites for hydroxylation is 2. The fourth-order valence-electron chi connectivity index (χ4n) is 3.07. The minimum atomic E-state index is -0.154. The zero-order chi connectivity index (χ0) is 16.7. The highest BCUT2D eigenvalue weighted by molar-refractivity contribution is 5.94. The number of amides is 1. The van der Waals surface area contributed by atoms with Gasteiger partial charge < -0.3 is 14.2 Å². The highest BCUT2D eigenvalue weighted by atomic mass is 16.5. The Morgan fingerprint density at radius 2 is 2.17 bits per heavy atom. The summed E-state index contributed by atoms with van der Waals surface area (Å²) in [5.41, 5.74) is 2.41. The number of hydrogen-bond acceptors (Lipinski definition) is 6. The minimum Gasteiger partial charge on any atom is -0.369 e. The van der Waals surface area contributed by atoms with Crippen LogP contribution < -0.4 is 0 Å². The molecule has 0 spiro atoms. The highest BCUT2D eigenvalue weighted by Gasteiger charge is 2.32. The number of nitrogens with zero attached hydrogens (tertiary/aromatic N) is 5. The van der Waals surface area contributed by atoms with Gasteiger partial charge in [0.05, 0.1) is 17.9 Å². The summed E-state index contributed by atoms with van der Waals surface area (Å²) in [5.74, 6) is 0.808. The molecule has 2 aromatic rings. The van der Waals surface area contributed by atoms with E-state index in [0.717, 1.165) is 11.3 Å². The van der Waals surface area contributed by atoms with Crippen LogP contribution in [0.4, 0.5) is 0 Å². The molecule has 0 saturated carbocycles. The lowest BCUT2D eigenvalue weighted by Gasteiger charge is -2.26. The van der Waals surface area contributed by atoms with Crippen molar-refractivity contribution < 1.29 is 14.1 Å². The van der Waals surface area contributed by atoms with Gasteiger partial charge in [-0.05, 0) is 20.8 Å². The van der Waals surface area contributed by atoms with Crippen molar-refractivity contribution in [3.8, 4) is 0 Å². The molecule has 8 nitrogen and oxygen atoms in total. The molecule has 3 rings (SSSR count). The second-order valence-electron chi connectivity index (χ2n) is 6.03. The summed E-state index contributed by atoms with van der Waals surface area (Å²) in [6.07, 6.45) is 0.677. The van der Waals surface area contributed by atoms with Crippen LogP contribution in [0.5, 0.6) is 0 Å². The zero-order valence-corrected chi connectivity index (χ0v) is 14.0. The van der Waals surface area contributed by atoms with Crippen molar-refractivity contribution in [1.82, 2.24) is 24.8 Å². The van der Waals surface area contributed by atoms with Gasteiger partial charge in [0.2, 0.25) is 5.89 Å². The van der Waals surface area contributed by atoms with Crippen LogP contribution in [-0.2, 0) is 24.8 Å². The lowest BCUT2D eigenvalue weighted by molar-refractivity contribution is -0.00906. The van der Waals surface area contributed by atoms with Gasteiger partial charge in [0.15, 0.2) is 11.5 Å². The summed E-state index contributed by atoms with van der Waals surface area (Å²) in [4.78, 5) is 18.4. The molecule has 1 amide bonds. The SMILES string of the molecule is Cc1noc(CN(C)C(=O)c2nn(C)c3c2C[C@@H](C)O[C@H]3C)n1. The molecule has 1 aliphatic rings. The monoisotopic (exact) mass is 319 g/mol. The normalized spacial score (nSPS) is 20.4. The summed E-state index contributed by atoms with van der Waals surface area (Å²) in [6, 6.07) is 0. The first-order chi connectivity index (χ1) is 10.9. The zero-order valence-electron chi connectivity index (χ0n) is 14.0. The van der Waals surface area contributed by atoms with Gasteiger partial charge >= 0.3 is 0 Å². The van der Waals surface area contributed by atoms with Crippen molar-refractivity contribution in [1.29, 1.82) is 0 Å². The Bertz CT molecular complexity index is 736. The van der Waals surface area contributed by atoms with Crippen molar-refractivity contribution in [3.63, 3.8) is 0 Å². The molecule has 0 aromatic carbocycles. The molecule has 0 fully saturated rings. The molecule has 0 aliphatic carbocycles. The third-order valence-electron chi connectivity index (χ3n) is 4.00. The van der Waals surface area contributed by atoms with Crippen LogP contribution in [-0.4, -0.2) is 43.9 Å².